The van der Waals surface area contributed by atoms with E-state index in [1.807, 2.05) is 50.2 Å². The molecule has 2 aliphatic carbocycles. The second-order valence-electron chi connectivity index (χ2n) is 14.2. The van der Waals surface area contributed by atoms with Gasteiger partial charge in [0.05, 0.1) is 11.1 Å². The van der Waals surface area contributed by atoms with Crippen molar-refractivity contribution >= 4 is 39.1 Å². The van der Waals surface area contributed by atoms with E-state index in [2.05, 4.69) is 60.8 Å². The van der Waals surface area contributed by atoms with Crippen LogP contribution in [0.1, 0.15) is 90.7 Å². The predicted octanol–water partition coefficient (Wildman–Crippen LogP) is 8.27. The molecule has 0 radical (unpaired) electrons. The second-order valence-corrected chi connectivity index (χ2v) is 15.0. The summed E-state index contributed by atoms with van der Waals surface area (Å²) >= 11 is 3.69. The number of rotatable bonds is 9. The van der Waals surface area contributed by atoms with Crippen LogP contribution in [0.4, 0.5) is 5.69 Å². The SMILES string of the molecule is CCCN1C2=C(C(=O)CC(C)(C)C2)C(c2cc(Br)c(OCC(=O)Nc3ccc(C)cc3)c(OCC)c2)C2=C1CC(C)(C)CC2=O. The van der Waals surface area contributed by atoms with Crippen molar-refractivity contribution in [3.05, 3.63) is 74.5 Å². The maximum absolute atomic E-state index is 14.1. The highest BCUT2D eigenvalue weighted by molar-refractivity contribution is 9.10. The fourth-order valence-electron chi connectivity index (χ4n) is 7.00. The summed E-state index contributed by atoms with van der Waals surface area (Å²) in [4.78, 5) is 43.2. The molecule has 1 N–H and O–H groups in total. The number of amides is 1. The lowest BCUT2D eigenvalue weighted by molar-refractivity contribution is -0.120. The van der Waals surface area contributed by atoms with E-state index in [1.54, 1.807) is 0 Å². The number of allylic oxidation sites excluding steroid dienone is 4. The molecule has 0 saturated carbocycles. The standard InChI is InChI=1S/C37H45BrN2O5/c1-8-14-40-26-17-36(4,5)19-28(41)33(26)32(34-27(40)18-37(6,7)20-29(34)42)23-15-25(38)35(30(16-23)44-9-2)45-21-31(43)39-24-12-10-22(3)11-13-24/h10-13,15-16,32H,8-9,14,17-21H2,1-7H3,(H,39,43). The summed E-state index contributed by atoms with van der Waals surface area (Å²) < 4.78 is 12.7. The number of ketones is 2. The number of anilines is 1. The molecular formula is C37H45BrN2O5. The Morgan fingerprint density at radius 2 is 1.49 bits per heavy atom. The fourth-order valence-corrected chi connectivity index (χ4v) is 7.58. The Morgan fingerprint density at radius 3 is 2.02 bits per heavy atom. The van der Waals surface area contributed by atoms with Gasteiger partial charge in [-0.3, -0.25) is 14.4 Å². The number of benzene rings is 2. The number of hydrogen-bond acceptors (Lipinski definition) is 6. The molecule has 0 spiro atoms. The van der Waals surface area contributed by atoms with Crippen molar-refractivity contribution in [3.63, 3.8) is 0 Å². The number of halogens is 1. The van der Waals surface area contributed by atoms with E-state index in [1.165, 1.54) is 0 Å². The third-order valence-electron chi connectivity index (χ3n) is 8.82. The summed E-state index contributed by atoms with van der Waals surface area (Å²) in [5, 5.41) is 2.86. The van der Waals surface area contributed by atoms with Crippen molar-refractivity contribution in [2.45, 2.75) is 86.5 Å². The predicted molar refractivity (Wildman–Crippen MR) is 180 cm³/mol. The van der Waals surface area contributed by atoms with Gasteiger partial charge >= 0.3 is 0 Å². The number of ether oxygens (including phenoxy) is 2. The molecule has 2 aromatic carbocycles. The number of carbonyl (C=O) groups excluding carboxylic acids is 3. The van der Waals surface area contributed by atoms with Gasteiger partial charge in [0.25, 0.3) is 5.91 Å². The van der Waals surface area contributed by atoms with E-state index < -0.39 is 5.92 Å². The fraction of sp³-hybridized carbons (Fsp3) is 0.486. The van der Waals surface area contributed by atoms with Crippen molar-refractivity contribution in [1.82, 2.24) is 4.90 Å². The van der Waals surface area contributed by atoms with Gasteiger partial charge in [0, 0.05) is 53.5 Å². The van der Waals surface area contributed by atoms with Crippen molar-refractivity contribution in [3.8, 4) is 11.5 Å². The van der Waals surface area contributed by atoms with Gasteiger partial charge in [0.15, 0.2) is 29.7 Å². The van der Waals surface area contributed by atoms with Gasteiger partial charge in [-0.05, 0) is 89.7 Å². The molecule has 2 aromatic rings. The van der Waals surface area contributed by atoms with E-state index in [4.69, 9.17) is 9.47 Å². The topological polar surface area (TPSA) is 84.9 Å². The summed E-state index contributed by atoms with van der Waals surface area (Å²) in [5.41, 5.74) is 5.82. The molecule has 0 aromatic heterocycles. The summed E-state index contributed by atoms with van der Waals surface area (Å²) in [6, 6.07) is 11.4. The first-order valence-electron chi connectivity index (χ1n) is 16.0. The van der Waals surface area contributed by atoms with Crippen LogP contribution in [0.3, 0.4) is 0 Å². The normalized spacial score (nSPS) is 19.3. The van der Waals surface area contributed by atoms with Gasteiger partial charge in [-0.25, -0.2) is 0 Å². The van der Waals surface area contributed by atoms with Crippen LogP contribution in [0, 0.1) is 17.8 Å². The Balaban J connectivity index is 1.57. The third-order valence-corrected chi connectivity index (χ3v) is 9.41. The Morgan fingerprint density at radius 1 is 0.911 bits per heavy atom. The zero-order chi connectivity index (χ0) is 32.7. The molecule has 240 valence electrons. The van der Waals surface area contributed by atoms with Gasteiger partial charge in [-0.2, -0.15) is 0 Å². The smallest absolute Gasteiger partial charge is 0.262 e. The van der Waals surface area contributed by atoms with Crippen molar-refractivity contribution < 1.29 is 23.9 Å². The van der Waals surface area contributed by atoms with Crippen LogP contribution in [0.15, 0.2) is 63.4 Å². The average Bonchev–Trinajstić information content (AvgIpc) is 2.93. The highest BCUT2D eigenvalue weighted by Gasteiger charge is 2.49. The Labute approximate surface area is 275 Å². The zero-order valence-corrected chi connectivity index (χ0v) is 29.2. The monoisotopic (exact) mass is 676 g/mol. The maximum atomic E-state index is 14.1. The molecular weight excluding hydrogens is 632 g/mol. The molecule has 0 fully saturated rings. The first-order valence-corrected chi connectivity index (χ1v) is 16.8. The first kappa shape index (κ1) is 33.0. The average molecular weight is 678 g/mol. The lowest BCUT2D eigenvalue weighted by Gasteiger charge is -2.49. The van der Waals surface area contributed by atoms with Gasteiger partial charge in [-0.15, -0.1) is 0 Å². The van der Waals surface area contributed by atoms with Crippen LogP contribution in [-0.4, -0.2) is 42.1 Å². The lowest BCUT2D eigenvalue weighted by atomic mass is 9.63. The molecule has 1 heterocycles. The van der Waals surface area contributed by atoms with Crippen LogP contribution in [0.25, 0.3) is 0 Å². The summed E-state index contributed by atoms with van der Waals surface area (Å²) in [7, 11) is 0. The van der Waals surface area contributed by atoms with E-state index in [-0.39, 0.29) is 34.9 Å². The molecule has 0 atom stereocenters. The molecule has 1 amide bonds. The van der Waals surface area contributed by atoms with Gasteiger partial charge in [-0.1, -0.05) is 52.3 Å². The van der Waals surface area contributed by atoms with Crippen molar-refractivity contribution in [2.75, 3.05) is 25.1 Å². The highest BCUT2D eigenvalue weighted by Crippen LogP contribution is 2.55. The number of carbonyl (C=O) groups is 3. The Kier molecular flexibility index (Phi) is 9.37. The number of hydrogen-bond donors (Lipinski definition) is 1. The van der Waals surface area contributed by atoms with E-state index >= 15 is 0 Å². The largest absolute Gasteiger partial charge is 0.490 e. The van der Waals surface area contributed by atoms with Crippen LogP contribution in [0.5, 0.6) is 11.5 Å². The molecule has 0 saturated heterocycles. The minimum atomic E-state index is -0.496. The summed E-state index contributed by atoms with van der Waals surface area (Å²) in [5.74, 6) is 0.259. The second kappa shape index (κ2) is 12.8. The molecule has 45 heavy (non-hydrogen) atoms. The van der Waals surface area contributed by atoms with Gasteiger partial charge < -0.3 is 19.7 Å². The Bertz CT molecular complexity index is 1530. The van der Waals surface area contributed by atoms with Crippen LogP contribution in [-0.2, 0) is 14.4 Å². The highest BCUT2D eigenvalue weighted by atomic mass is 79.9. The Hall–Kier alpha value is -3.39. The molecule has 7 nitrogen and oxygen atoms in total. The minimum Gasteiger partial charge on any atom is -0.490 e. The number of nitrogens with one attached hydrogen (secondary N) is 1. The zero-order valence-electron chi connectivity index (χ0n) is 27.6. The van der Waals surface area contributed by atoms with Crippen LogP contribution in [0.2, 0.25) is 0 Å². The first-order chi connectivity index (χ1) is 21.2. The summed E-state index contributed by atoms with van der Waals surface area (Å²) in [6.45, 7) is 15.6. The minimum absolute atomic E-state index is 0.0960. The van der Waals surface area contributed by atoms with Gasteiger partial charge in [0.2, 0.25) is 0 Å². The van der Waals surface area contributed by atoms with Crippen LogP contribution >= 0.6 is 15.9 Å². The summed E-state index contributed by atoms with van der Waals surface area (Å²) in [6.07, 6.45) is 3.31. The van der Waals surface area contributed by atoms with Gasteiger partial charge in [0.1, 0.15) is 0 Å². The third kappa shape index (κ3) is 6.91. The van der Waals surface area contributed by atoms with E-state index in [0.29, 0.717) is 41.1 Å². The number of Topliss-reactive ketones (excluding diaryl/α,β-unsaturated/α-hetero) is 2. The molecule has 3 aliphatic rings. The van der Waals surface area contributed by atoms with E-state index in [9.17, 15) is 14.4 Å². The molecule has 8 heteroatoms. The molecule has 0 bridgehead atoms. The van der Waals surface area contributed by atoms with Crippen molar-refractivity contribution in [1.29, 1.82) is 0 Å². The number of aryl methyl sites for hydroxylation is 1. The molecule has 5 rings (SSSR count). The van der Waals surface area contributed by atoms with Crippen molar-refractivity contribution in [2.24, 2.45) is 10.8 Å². The lowest BCUT2D eigenvalue weighted by Crippen LogP contribution is -2.44. The maximum Gasteiger partial charge on any atom is 0.262 e. The quantitative estimate of drug-likeness (QED) is 0.288. The van der Waals surface area contributed by atoms with E-state index in [0.717, 1.165) is 59.5 Å². The molecule has 1 aliphatic heterocycles. The number of nitrogens with zero attached hydrogens (tertiary/aromatic N) is 1. The molecule has 0 unspecified atom stereocenters. The van der Waals surface area contributed by atoms with Crippen LogP contribution < -0.4 is 14.8 Å².